The van der Waals surface area contributed by atoms with Gasteiger partial charge in [-0.25, -0.2) is 0 Å². The van der Waals surface area contributed by atoms with Crippen LogP contribution >= 0.6 is 0 Å². The topological polar surface area (TPSA) is 23.5 Å². The van der Waals surface area contributed by atoms with Crippen molar-refractivity contribution in [3.05, 3.63) is 0 Å². The number of likely N-dealkylation sites (tertiary alicyclic amines) is 1. The average Bonchev–Trinajstić information content (AvgIpc) is 2.82. The number of hydrogen-bond donors (Lipinski definition) is 1. The van der Waals surface area contributed by atoms with Gasteiger partial charge in [0, 0.05) is 5.54 Å². The second kappa shape index (κ2) is 5.27. The summed E-state index contributed by atoms with van der Waals surface area (Å²) in [5.41, 5.74) is -0.0295. The van der Waals surface area contributed by atoms with Crippen molar-refractivity contribution in [2.75, 3.05) is 13.1 Å². The summed E-state index contributed by atoms with van der Waals surface area (Å²) >= 11 is 0. The number of rotatable bonds is 3. The lowest BCUT2D eigenvalue weighted by Gasteiger charge is -2.44. The Hall–Kier alpha value is -0.0800. The van der Waals surface area contributed by atoms with Crippen LogP contribution in [-0.4, -0.2) is 34.7 Å². The normalized spacial score (nSPS) is 33.9. The molecule has 1 saturated carbocycles. The predicted molar refractivity (Wildman–Crippen MR) is 72.0 cm³/mol. The Balaban J connectivity index is 1.99. The SMILES string of the molecule is CC1CCCC(C(O)C(C)(C)N2CCCC2)C1. The molecule has 1 heterocycles. The van der Waals surface area contributed by atoms with Crippen molar-refractivity contribution in [2.45, 2.75) is 70.9 Å². The average molecular weight is 239 g/mol. The molecule has 3 unspecified atom stereocenters. The van der Waals surface area contributed by atoms with Crippen LogP contribution in [0.3, 0.4) is 0 Å². The minimum atomic E-state index is -0.150. The molecule has 0 bridgehead atoms. The molecular weight excluding hydrogens is 210 g/mol. The summed E-state index contributed by atoms with van der Waals surface area (Å²) in [4.78, 5) is 2.50. The summed E-state index contributed by atoms with van der Waals surface area (Å²) in [5, 5.41) is 10.7. The van der Waals surface area contributed by atoms with Crippen molar-refractivity contribution in [1.29, 1.82) is 0 Å². The first kappa shape index (κ1) is 13.4. The molecule has 2 nitrogen and oxygen atoms in total. The molecule has 3 atom stereocenters. The Morgan fingerprint density at radius 1 is 1.12 bits per heavy atom. The summed E-state index contributed by atoms with van der Waals surface area (Å²) in [7, 11) is 0. The molecule has 2 rings (SSSR count). The Bertz CT molecular complexity index is 245. The van der Waals surface area contributed by atoms with Gasteiger partial charge >= 0.3 is 0 Å². The second-order valence-corrected chi connectivity index (χ2v) is 6.82. The maximum Gasteiger partial charge on any atom is 0.0746 e. The van der Waals surface area contributed by atoms with Crippen LogP contribution < -0.4 is 0 Å². The summed E-state index contributed by atoms with van der Waals surface area (Å²) in [6, 6.07) is 0. The zero-order chi connectivity index (χ0) is 12.5. The van der Waals surface area contributed by atoms with E-state index in [1.54, 1.807) is 0 Å². The summed E-state index contributed by atoms with van der Waals surface area (Å²) in [6.45, 7) is 9.16. The molecule has 0 spiro atoms. The molecule has 1 aliphatic carbocycles. The fourth-order valence-corrected chi connectivity index (χ4v) is 3.83. The maximum atomic E-state index is 10.7. The van der Waals surface area contributed by atoms with Crippen LogP contribution in [0.5, 0.6) is 0 Å². The van der Waals surface area contributed by atoms with E-state index in [2.05, 4.69) is 25.7 Å². The molecule has 1 aliphatic heterocycles. The fourth-order valence-electron chi connectivity index (χ4n) is 3.83. The first-order valence-corrected chi connectivity index (χ1v) is 7.45. The molecule has 2 fully saturated rings. The minimum absolute atomic E-state index is 0.0295. The van der Waals surface area contributed by atoms with Gasteiger partial charge in [-0.05, 0) is 64.5 Å². The van der Waals surface area contributed by atoms with Crippen LogP contribution in [0, 0.1) is 11.8 Å². The first-order chi connectivity index (χ1) is 8.01. The third-order valence-electron chi connectivity index (χ3n) is 5.07. The van der Waals surface area contributed by atoms with Crippen molar-refractivity contribution >= 4 is 0 Å². The number of nitrogens with zero attached hydrogens (tertiary/aromatic N) is 1. The molecule has 17 heavy (non-hydrogen) atoms. The third-order valence-corrected chi connectivity index (χ3v) is 5.07. The molecule has 0 aromatic heterocycles. The van der Waals surface area contributed by atoms with E-state index >= 15 is 0 Å². The van der Waals surface area contributed by atoms with Crippen LogP contribution in [0.15, 0.2) is 0 Å². The van der Waals surface area contributed by atoms with Gasteiger partial charge in [0.1, 0.15) is 0 Å². The van der Waals surface area contributed by atoms with E-state index in [4.69, 9.17) is 0 Å². The Kier molecular flexibility index (Phi) is 4.14. The molecule has 2 heteroatoms. The lowest BCUT2D eigenvalue weighted by Crippen LogP contribution is -2.54. The van der Waals surface area contributed by atoms with Crippen molar-refractivity contribution in [2.24, 2.45) is 11.8 Å². The highest BCUT2D eigenvalue weighted by Crippen LogP contribution is 2.37. The summed E-state index contributed by atoms with van der Waals surface area (Å²) < 4.78 is 0. The van der Waals surface area contributed by atoms with Crippen LogP contribution in [0.25, 0.3) is 0 Å². The van der Waals surface area contributed by atoms with Gasteiger partial charge in [0.15, 0.2) is 0 Å². The van der Waals surface area contributed by atoms with Crippen LogP contribution in [0.1, 0.15) is 59.3 Å². The quantitative estimate of drug-likeness (QED) is 0.818. The van der Waals surface area contributed by atoms with E-state index < -0.39 is 0 Å². The predicted octanol–water partition coefficient (Wildman–Crippen LogP) is 3.05. The maximum absolute atomic E-state index is 10.7. The van der Waals surface area contributed by atoms with Gasteiger partial charge in [0.05, 0.1) is 6.10 Å². The van der Waals surface area contributed by atoms with Crippen LogP contribution in [0.4, 0.5) is 0 Å². The zero-order valence-corrected chi connectivity index (χ0v) is 11.8. The van der Waals surface area contributed by atoms with Gasteiger partial charge in [-0.15, -0.1) is 0 Å². The van der Waals surface area contributed by atoms with E-state index in [9.17, 15) is 5.11 Å². The van der Waals surface area contributed by atoms with Gasteiger partial charge in [0.2, 0.25) is 0 Å². The van der Waals surface area contributed by atoms with E-state index in [0.29, 0.717) is 5.92 Å². The summed E-state index contributed by atoms with van der Waals surface area (Å²) in [5.74, 6) is 1.33. The van der Waals surface area contributed by atoms with Crippen molar-refractivity contribution in [3.63, 3.8) is 0 Å². The van der Waals surface area contributed by atoms with Gasteiger partial charge in [0.25, 0.3) is 0 Å². The second-order valence-electron chi connectivity index (χ2n) is 6.82. The van der Waals surface area contributed by atoms with Gasteiger partial charge in [-0.2, -0.15) is 0 Å². The van der Waals surface area contributed by atoms with Crippen molar-refractivity contribution in [1.82, 2.24) is 4.90 Å². The highest BCUT2D eigenvalue weighted by molar-refractivity contribution is 4.95. The van der Waals surface area contributed by atoms with Crippen LogP contribution in [-0.2, 0) is 0 Å². The van der Waals surface area contributed by atoms with Gasteiger partial charge < -0.3 is 5.11 Å². The molecule has 0 amide bonds. The molecule has 100 valence electrons. The minimum Gasteiger partial charge on any atom is -0.391 e. The molecule has 1 N–H and O–H groups in total. The molecule has 2 aliphatic rings. The Labute approximate surface area is 106 Å². The highest BCUT2D eigenvalue weighted by atomic mass is 16.3. The molecular formula is C15H29NO. The lowest BCUT2D eigenvalue weighted by atomic mass is 9.74. The largest absolute Gasteiger partial charge is 0.391 e. The fraction of sp³-hybridized carbons (Fsp3) is 1.00. The van der Waals surface area contributed by atoms with E-state index in [0.717, 1.165) is 5.92 Å². The van der Waals surface area contributed by atoms with E-state index in [1.807, 2.05) is 0 Å². The highest BCUT2D eigenvalue weighted by Gasteiger charge is 2.40. The Morgan fingerprint density at radius 3 is 2.35 bits per heavy atom. The molecule has 1 saturated heterocycles. The third kappa shape index (κ3) is 2.85. The smallest absolute Gasteiger partial charge is 0.0746 e. The number of aliphatic hydroxyl groups is 1. The van der Waals surface area contributed by atoms with Crippen molar-refractivity contribution < 1.29 is 5.11 Å². The number of hydrogen-bond acceptors (Lipinski definition) is 2. The number of aliphatic hydroxyl groups excluding tert-OH is 1. The molecule has 0 aromatic rings. The molecule has 0 radical (unpaired) electrons. The van der Waals surface area contributed by atoms with E-state index in [-0.39, 0.29) is 11.6 Å². The van der Waals surface area contributed by atoms with Crippen molar-refractivity contribution in [3.8, 4) is 0 Å². The van der Waals surface area contributed by atoms with Crippen LogP contribution in [0.2, 0.25) is 0 Å². The first-order valence-electron chi connectivity index (χ1n) is 7.45. The monoisotopic (exact) mass is 239 g/mol. The lowest BCUT2D eigenvalue weighted by molar-refractivity contribution is -0.0463. The zero-order valence-electron chi connectivity index (χ0n) is 11.8. The standard InChI is InChI=1S/C15H29NO/c1-12-7-6-8-13(11-12)14(17)15(2,3)16-9-4-5-10-16/h12-14,17H,4-11H2,1-3H3. The van der Waals surface area contributed by atoms with Gasteiger partial charge in [-0.1, -0.05) is 19.8 Å². The van der Waals surface area contributed by atoms with E-state index in [1.165, 1.54) is 51.6 Å². The van der Waals surface area contributed by atoms with Gasteiger partial charge in [-0.3, -0.25) is 4.90 Å². The summed E-state index contributed by atoms with van der Waals surface area (Å²) in [6.07, 6.45) is 7.56. The molecule has 0 aromatic carbocycles. The Morgan fingerprint density at radius 2 is 1.76 bits per heavy atom.